The fraction of sp³-hybridized carbons (Fsp3) is 0.522. The van der Waals surface area contributed by atoms with Crippen LogP contribution in [0.2, 0.25) is 0 Å². The molecule has 1 aromatic carbocycles. The number of aryl methyl sites for hydroxylation is 1. The molecule has 1 aliphatic carbocycles. The Hall–Kier alpha value is -2.18. The van der Waals surface area contributed by atoms with E-state index in [1.807, 2.05) is 25.1 Å². The van der Waals surface area contributed by atoms with Crippen molar-refractivity contribution < 1.29 is 18.3 Å². The van der Waals surface area contributed by atoms with Crippen LogP contribution in [0.25, 0.3) is 0 Å². The standard InChI is InChI=1S/C23H29FN2O3/c1-17-7-8-21(29-17)20(26-11-13-28-14-12-26)16-25-22(27)23(9-2-3-10-23)18-5-4-6-19(24)15-18/h4-8,15,20H,2-3,9-14,16H2,1H3,(H,25,27). The smallest absolute Gasteiger partial charge is 0.230 e. The molecule has 0 spiro atoms. The van der Waals surface area contributed by atoms with Gasteiger partial charge in [-0.25, -0.2) is 4.39 Å². The van der Waals surface area contributed by atoms with Crippen LogP contribution in [0.15, 0.2) is 40.8 Å². The third-order valence-electron chi connectivity index (χ3n) is 6.30. The predicted octanol–water partition coefficient (Wildman–Crippen LogP) is 3.73. The minimum absolute atomic E-state index is 0.0119. The Bertz CT molecular complexity index is 838. The van der Waals surface area contributed by atoms with Gasteiger partial charge in [0, 0.05) is 19.6 Å². The second-order valence-electron chi connectivity index (χ2n) is 8.12. The molecule has 1 saturated carbocycles. The van der Waals surface area contributed by atoms with Crippen LogP contribution in [-0.2, 0) is 14.9 Å². The van der Waals surface area contributed by atoms with E-state index in [1.165, 1.54) is 12.1 Å². The molecular weight excluding hydrogens is 371 g/mol. The van der Waals surface area contributed by atoms with Crippen molar-refractivity contribution in [3.05, 3.63) is 59.3 Å². The van der Waals surface area contributed by atoms with Crippen molar-refractivity contribution in [3.8, 4) is 0 Å². The molecule has 1 atom stereocenters. The highest BCUT2D eigenvalue weighted by molar-refractivity contribution is 5.88. The summed E-state index contributed by atoms with van der Waals surface area (Å²) in [5, 5.41) is 3.18. The van der Waals surface area contributed by atoms with E-state index in [0.29, 0.717) is 19.8 Å². The number of nitrogens with one attached hydrogen (secondary N) is 1. The summed E-state index contributed by atoms with van der Waals surface area (Å²) in [6.07, 6.45) is 3.47. The van der Waals surface area contributed by atoms with Crippen LogP contribution in [0.4, 0.5) is 4.39 Å². The molecule has 2 aromatic rings. The molecule has 1 aromatic heterocycles. The highest BCUT2D eigenvalue weighted by atomic mass is 19.1. The number of amides is 1. The van der Waals surface area contributed by atoms with Crippen molar-refractivity contribution in [2.45, 2.75) is 44.1 Å². The van der Waals surface area contributed by atoms with E-state index in [-0.39, 0.29) is 17.8 Å². The molecule has 1 N–H and O–H groups in total. The van der Waals surface area contributed by atoms with Gasteiger partial charge in [-0.2, -0.15) is 0 Å². The van der Waals surface area contributed by atoms with Gasteiger partial charge < -0.3 is 14.5 Å². The molecule has 4 rings (SSSR count). The maximum absolute atomic E-state index is 13.9. The number of carbonyl (C=O) groups excluding carboxylic acids is 1. The van der Waals surface area contributed by atoms with E-state index >= 15 is 0 Å². The van der Waals surface area contributed by atoms with Gasteiger partial charge in [-0.05, 0) is 49.6 Å². The monoisotopic (exact) mass is 400 g/mol. The predicted molar refractivity (Wildman–Crippen MR) is 108 cm³/mol. The van der Waals surface area contributed by atoms with Gasteiger partial charge >= 0.3 is 0 Å². The van der Waals surface area contributed by atoms with Gasteiger partial charge in [-0.1, -0.05) is 25.0 Å². The van der Waals surface area contributed by atoms with E-state index in [4.69, 9.17) is 9.15 Å². The number of nitrogens with zero attached hydrogens (tertiary/aromatic N) is 1. The van der Waals surface area contributed by atoms with Gasteiger partial charge in [0.15, 0.2) is 0 Å². The van der Waals surface area contributed by atoms with Gasteiger partial charge in [0.1, 0.15) is 17.3 Å². The number of rotatable bonds is 6. The number of ether oxygens (including phenoxy) is 1. The number of hydrogen-bond donors (Lipinski definition) is 1. The van der Waals surface area contributed by atoms with Crippen LogP contribution in [0.3, 0.4) is 0 Å². The van der Waals surface area contributed by atoms with E-state index in [2.05, 4.69) is 10.2 Å². The fourth-order valence-electron chi connectivity index (χ4n) is 4.70. The highest BCUT2D eigenvalue weighted by Gasteiger charge is 2.43. The summed E-state index contributed by atoms with van der Waals surface area (Å²) in [6, 6.07) is 10.4. The second-order valence-corrected chi connectivity index (χ2v) is 8.12. The molecule has 2 heterocycles. The molecule has 1 saturated heterocycles. The first-order chi connectivity index (χ1) is 14.1. The van der Waals surface area contributed by atoms with Crippen LogP contribution < -0.4 is 5.32 Å². The zero-order chi connectivity index (χ0) is 20.3. The molecular formula is C23H29FN2O3. The summed E-state index contributed by atoms with van der Waals surface area (Å²) in [4.78, 5) is 15.7. The van der Waals surface area contributed by atoms with Crippen LogP contribution in [0.1, 0.15) is 48.8 Å². The quantitative estimate of drug-likeness (QED) is 0.803. The first-order valence-corrected chi connectivity index (χ1v) is 10.5. The van der Waals surface area contributed by atoms with E-state index < -0.39 is 5.41 Å². The maximum atomic E-state index is 13.9. The normalized spacial score (nSPS) is 20.5. The Kier molecular flexibility index (Phi) is 6.01. The van der Waals surface area contributed by atoms with Crippen LogP contribution in [-0.4, -0.2) is 43.7 Å². The lowest BCUT2D eigenvalue weighted by Crippen LogP contribution is -2.48. The molecule has 0 bridgehead atoms. The summed E-state index contributed by atoms with van der Waals surface area (Å²) in [5.41, 5.74) is 0.140. The van der Waals surface area contributed by atoms with E-state index in [0.717, 1.165) is 55.9 Å². The SMILES string of the molecule is Cc1ccc(C(CNC(=O)C2(c3cccc(F)c3)CCCC2)N2CCOCC2)o1. The number of halogens is 1. The Labute approximate surface area is 171 Å². The molecule has 1 amide bonds. The Morgan fingerprint density at radius 1 is 1.21 bits per heavy atom. The van der Waals surface area contributed by atoms with Gasteiger partial charge in [0.25, 0.3) is 0 Å². The summed E-state index contributed by atoms with van der Waals surface area (Å²) in [5.74, 6) is 1.41. The third-order valence-corrected chi connectivity index (χ3v) is 6.30. The molecule has 2 aliphatic rings. The number of furan rings is 1. The molecule has 0 radical (unpaired) electrons. The molecule has 1 aliphatic heterocycles. The number of morpholine rings is 1. The zero-order valence-electron chi connectivity index (χ0n) is 17.0. The number of hydrogen-bond acceptors (Lipinski definition) is 4. The minimum Gasteiger partial charge on any atom is -0.465 e. The summed E-state index contributed by atoms with van der Waals surface area (Å²) in [7, 11) is 0. The van der Waals surface area contributed by atoms with Crippen molar-refractivity contribution in [1.29, 1.82) is 0 Å². The molecule has 156 valence electrons. The molecule has 6 heteroatoms. The van der Waals surface area contributed by atoms with Gasteiger partial charge in [-0.15, -0.1) is 0 Å². The van der Waals surface area contributed by atoms with Crippen LogP contribution in [0.5, 0.6) is 0 Å². The van der Waals surface area contributed by atoms with E-state index in [1.54, 1.807) is 6.07 Å². The largest absolute Gasteiger partial charge is 0.465 e. The van der Waals surface area contributed by atoms with Crippen molar-refractivity contribution in [2.75, 3.05) is 32.8 Å². The van der Waals surface area contributed by atoms with Crippen molar-refractivity contribution in [3.63, 3.8) is 0 Å². The number of carbonyl (C=O) groups is 1. The summed E-state index contributed by atoms with van der Waals surface area (Å²) < 4.78 is 25.3. The Balaban J connectivity index is 1.53. The zero-order valence-corrected chi connectivity index (χ0v) is 17.0. The first-order valence-electron chi connectivity index (χ1n) is 10.5. The maximum Gasteiger partial charge on any atom is 0.230 e. The summed E-state index contributed by atoms with van der Waals surface area (Å²) >= 11 is 0. The average molecular weight is 400 g/mol. The first kappa shape index (κ1) is 20.1. The van der Waals surface area contributed by atoms with Crippen LogP contribution in [0, 0.1) is 12.7 Å². The average Bonchev–Trinajstić information content (AvgIpc) is 3.39. The van der Waals surface area contributed by atoms with Crippen molar-refractivity contribution in [2.24, 2.45) is 0 Å². The molecule has 5 nitrogen and oxygen atoms in total. The lowest BCUT2D eigenvalue weighted by molar-refractivity contribution is -0.127. The lowest BCUT2D eigenvalue weighted by Gasteiger charge is -2.35. The van der Waals surface area contributed by atoms with Gasteiger partial charge in [-0.3, -0.25) is 9.69 Å². The third kappa shape index (κ3) is 4.23. The van der Waals surface area contributed by atoms with E-state index in [9.17, 15) is 9.18 Å². The Morgan fingerprint density at radius 3 is 2.62 bits per heavy atom. The fourth-order valence-corrected chi connectivity index (χ4v) is 4.70. The van der Waals surface area contributed by atoms with Crippen molar-refractivity contribution >= 4 is 5.91 Å². The summed E-state index contributed by atoms with van der Waals surface area (Å²) in [6.45, 7) is 5.35. The molecule has 1 unspecified atom stereocenters. The van der Waals surface area contributed by atoms with Crippen LogP contribution >= 0.6 is 0 Å². The molecule has 29 heavy (non-hydrogen) atoms. The lowest BCUT2D eigenvalue weighted by atomic mass is 9.78. The number of benzene rings is 1. The highest BCUT2D eigenvalue weighted by Crippen LogP contribution is 2.41. The molecule has 2 fully saturated rings. The second kappa shape index (κ2) is 8.67. The van der Waals surface area contributed by atoms with Gasteiger partial charge in [0.05, 0.1) is 24.7 Å². The van der Waals surface area contributed by atoms with Gasteiger partial charge in [0.2, 0.25) is 5.91 Å². The Morgan fingerprint density at radius 2 is 1.97 bits per heavy atom. The minimum atomic E-state index is -0.642. The van der Waals surface area contributed by atoms with Crippen molar-refractivity contribution in [1.82, 2.24) is 10.2 Å². The topological polar surface area (TPSA) is 54.7 Å².